The molecule has 1 aliphatic carbocycles. The lowest BCUT2D eigenvalue weighted by molar-refractivity contribution is -0.124. The maximum atomic E-state index is 11.5. The molecule has 0 aliphatic heterocycles. The number of rotatable bonds is 7. The number of halogens is 1. The van der Waals surface area contributed by atoms with Gasteiger partial charge in [-0.3, -0.25) is 9.59 Å². The van der Waals surface area contributed by atoms with Gasteiger partial charge in [-0.05, 0) is 37.1 Å². The summed E-state index contributed by atoms with van der Waals surface area (Å²) in [6.07, 6.45) is 1.97. The van der Waals surface area contributed by atoms with Crippen molar-refractivity contribution in [3.8, 4) is 5.75 Å². The van der Waals surface area contributed by atoms with Gasteiger partial charge in [-0.2, -0.15) is 0 Å². The maximum absolute atomic E-state index is 11.5. The van der Waals surface area contributed by atoms with E-state index in [1.165, 1.54) is 0 Å². The van der Waals surface area contributed by atoms with Gasteiger partial charge in [0, 0.05) is 23.5 Å². The van der Waals surface area contributed by atoms with E-state index in [0.717, 1.165) is 17.3 Å². The molecule has 0 radical (unpaired) electrons. The minimum Gasteiger partial charge on any atom is -0.484 e. The summed E-state index contributed by atoms with van der Waals surface area (Å²) in [5, 5.41) is 5.47. The highest BCUT2D eigenvalue weighted by molar-refractivity contribution is 9.10. The standard InChI is InChI=1S/C14H17BrN2O3/c15-11-3-5-12(6-4-11)20-9-13(18)16-7-8-17-14(19)10-1-2-10/h3-6,10H,1-2,7-9H2,(H,16,18)(H,17,19). The van der Waals surface area contributed by atoms with Crippen LogP contribution in [0.4, 0.5) is 0 Å². The topological polar surface area (TPSA) is 67.4 Å². The lowest BCUT2D eigenvalue weighted by atomic mass is 10.3. The largest absolute Gasteiger partial charge is 0.484 e. The highest BCUT2D eigenvalue weighted by atomic mass is 79.9. The molecule has 2 amide bonds. The van der Waals surface area contributed by atoms with Crippen molar-refractivity contribution in [3.05, 3.63) is 28.7 Å². The fraction of sp³-hybridized carbons (Fsp3) is 0.429. The molecule has 0 bridgehead atoms. The second-order valence-electron chi connectivity index (χ2n) is 4.66. The van der Waals surface area contributed by atoms with Crippen LogP contribution < -0.4 is 15.4 Å². The Morgan fingerprint density at radius 1 is 1.15 bits per heavy atom. The molecule has 5 nitrogen and oxygen atoms in total. The summed E-state index contributed by atoms with van der Waals surface area (Å²) in [7, 11) is 0. The average molecular weight is 341 g/mol. The maximum Gasteiger partial charge on any atom is 0.258 e. The third-order valence-electron chi connectivity index (χ3n) is 2.88. The van der Waals surface area contributed by atoms with Gasteiger partial charge in [-0.1, -0.05) is 15.9 Å². The smallest absolute Gasteiger partial charge is 0.258 e. The van der Waals surface area contributed by atoms with E-state index in [1.54, 1.807) is 12.1 Å². The molecule has 0 saturated heterocycles. The summed E-state index contributed by atoms with van der Waals surface area (Å²) in [6, 6.07) is 7.27. The number of carbonyl (C=O) groups is 2. The molecule has 0 aromatic heterocycles. The second-order valence-corrected chi connectivity index (χ2v) is 5.57. The molecule has 0 unspecified atom stereocenters. The predicted octanol–water partition coefficient (Wildman–Crippen LogP) is 1.47. The number of carbonyl (C=O) groups excluding carboxylic acids is 2. The lowest BCUT2D eigenvalue weighted by Gasteiger charge is -2.08. The number of benzene rings is 1. The Balaban J connectivity index is 1.55. The molecule has 2 rings (SSSR count). The average Bonchev–Trinajstić information content (AvgIpc) is 3.27. The van der Waals surface area contributed by atoms with E-state index in [9.17, 15) is 9.59 Å². The van der Waals surface area contributed by atoms with E-state index in [2.05, 4.69) is 26.6 Å². The number of ether oxygens (including phenoxy) is 1. The first-order chi connectivity index (χ1) is 9.65. The first-order valence-electron chi connectivity index (χ1n) is 6.58. The van der Waals surface area contributed by atoms with Gasteiger partial charge in [-0.15, -0.1) is 0 Å². The summed E-state index contributed by atoms with van der Waals surface area (Å²) < 4.78 is 6.29. The van der Waals surface area contributed by atoms with Crippen LogP contribution in [-0.2, 0) is 9.59 Å². The van der Waals surface area contributed by atoms with Crippen molar-refractivity contribution >= 4 is 27.7 Å². The van der Waals surface area contributed by atoms with E-state index in [4.69, 9.17) is 4.74 Å². The van der Waals surface area contributed by atoms with Crippen LogP contribution in [0.15, 0.2) is 28.7 Å². The zero-order chi connectivity index (χ0) is 14.4. The Hall–Kier alpha value is -1.56. The van der Waals surface area contributed by atoms with Gasteiger partial charge < -0.3 is 15.4 Å². The Bertz CT molecular complexity index is 472. The van der Waals surface area contributed by atoms with Crippen molar-refractivity contribution in [1.29, 1.82) is 0 Å². The Labute approximate surface area is 126 Å². The van der Waals surface area contributed by atoms with Crippen molar-refractivity contribution in [2.24, 2.45) is 5.92 Å². The number of hydrogen-bond acceptors (Lipinski definition) is 3. The molecule has 1 aromatic rings. The van der Waals surface area contributed by atoms with Crippen LogP contribution in [0, 0.1) is 5.92 Å². The van der Waals surface area contributed by atoms with Crippen molar-refractivity contribution in [2.75, 3.05) is 19.7 Å². The van der Waals surface area contributed by atoms with Crippen LogP contribution in [-0.4, -0.2) is 31.5 Å². The number of amides is 2. The van der Waals surface area contributed by atoms with Crippen LogP contribution in [0.5, 0.6) is 5.75 Å². The highest BCUT2D eigenvalue weighted by Crippen LogP contribution is 2.28. The molecule has 1 saturated carbocycles. The van der Waals surface area contributed by atoms with Gasteiger partial charge in [0.25, 0.3) is 5.91 Å². The minimum absolute atomic E-state index is 0.0296. The molecular weight excluding hydrogens is 324 g/mol. The van der Waals surface area contributed by atoms with Crippen LogP contribution in [0.25, 0.3) is 0 Å². The Morgan fingerprint density at radius 3 is 2.45 bits per heavy atom. The lowest BCUT2D eigenvalue weighted by Crippen LogP contribution is -2.37. The molecular formula is C14H17BrN2O3. The molecule has 0 heterocycles. The van der Waals surface area contributed by atoms with Crippen molar-refractivity contribution in [1.82, 2.24) is 10.6 Å². The predicted molar refractivity (Wildman–Crippen MR) is 78.4 cm³/mol. The van der Waals surface area contributed by atoms with Gasteiger partial charge in [0.2, 0.25) is 5.91 Å². The zero-order valence-electron chi connectivity index (χ0n) is 11.0. The zero-order valence-corrected chi connectivity index (χ0v) is 12.6. The summed E-state index contributed by atoms with van der Waals surface area (Å²) in [4.78, 5) is 22.9. The van der Waals surface area contributed by atoms with Gasteiger partial charge in [0.1, 0.15) is 5.75 Å². The van der Waals surface area contributed by atoms with E-state index in [0.29, 0.717) is 18.8 Å². The Kier molecular flexibility index (Phi) is 5.40. The van der Waals surface area contributed by atoms with E-state index in [1.807, 2.05) is 12.1 Å². The van der Waals surface area contributed by atoms with Crippen LogP contribution in [0.3, 0.4) is 0 Å². The molecule has 0 atom stereocenters. The van der Waals surface area contributed by atoms with Crippen molar-refractivity contribution < 1.29 is 14.3 Å². The number of nitrogens with one attached hydrogen (secondary N) is 2. The van der Waals surface area contributed by atoms with E-state index >= 15 is 0 Å². The Morgan fingerprint density at radius 2 is 1.80 bits per heavy atom. The third kappa shape index (κ3) is 5.21. The van der Waals surface area contributed by atoms with Crippen molar-refractivity contribution in [3.63, 3.8) is 0 Å². The molecule has 1 aromatic carbocycles. The van der Waals surface area contributed by atoms with Gasteiger partial charge in [-0.25, -0.2) is 0 Å². The monoisotopic (exact) mass is 340 g/mol. The van der Waals surface area contributed by atoms with Crippen LogP contribution in [0.2, 0.25) is 0 Å². The summed E-state index contributed by atoms with van der Waals surface area (Å²) in [5.41, 5.74) is 0. The molecule has 20 heavy (non-hydrogen) atoms. The summed E-state index contributed by atoms with van der Waals surface area (Å²) >= 11 is 3.32. The SMILES string of the molecule is O=C(COc1ccc(Br)cc1)NCCNC(=O)C1CC1. The van der Waals surface area contributed by atoms with Gasteiger partial charge in [0.05, 0.1) is 0 Å². The van der Waals surface area contributed by atoms with Gasteiger partial charge in [0.15, 0.2) is 6.61 Å². The number of hydrogen-bond donors (Lipinski definition) is 2. The quantitative estimate of drug-likeness (QED) is 0.738. The highest BCUT2D eigenvalue weighted by Gasteiger charge is 2.28. The van der Waals surface area contributed by atoms with E-state index in [-0.39, 0.29) is 24.3 Å². The van der Waals surface area contributed by atoms with Gasteiger partial charge >= 0.3 is 0 Å². The summed E-state index contributed by atoms with van der Waals surface area (Å²) in [5.74, 6) is 0.732. The second kappa shape index (κ2) is 7.28. The molecule has 2 N–H and O–H groups in total. The summed E-state index contributed by atoms with van der Waals surface area (Å²) in [6.45, 7) is 0.846. The third-order valence-corrected chi connectivity index (χ3v) is 3.41. The first-order valence-corrected chi connectivity index (χ1v) is 7.37. The normalized spacial score (nSPS) is 13.7. The van der Waals surface area contributed by atoms with E-state index < -0.39 is 0 Å². The van der Waals surface area contributed by atoms with Crippen LogP contribution in [0.1, 0.15) is 12.8 Å². The fourth-order valence-corrected chi connectivity index (χ4v) is 1.87. The minimum atomic E-state index is -0.200. The van der Waals surface area contributed by atoms with Crippen LogP contribution >= 0.6 is 15.9 Å². The molecule has 108 valence electrons. The first kappa shape index (κ1) is 14.8. The molecule has 1 aliphatic rings. The molecule has 6 heteroatoms. The van der Waals surface area contributed by atoms with Crippen molar-refractivity contribution in [2.45, 2.75) is 12.8 Å². The fourth-order valence-electron chi connectivity index (χ4n) is 1.61. The molecule has 0 spiro atoms. The molecule has 1 fully saturated rings.